The fourth-order valence-corrected chi connectivity index (χ4v) is 3.20. The summed E-state index contributed by atoms with van der Waals surface area (Å²) in [5.41, 5.74) is 9.49. The first-order chi connectivity index (χ1) is 10.0. The van der Waals surface area contributed by atoms with Crippen LogP contribution in [0, 0.1) is 10.5 Å². The molecule has 4 heteroatoms. The van der Waals surface area contributed by atoms with Gasteiger partial charge >= 0.3 is 0 Å². The summed E-state index contributed by atoms with van der Waals surface area (Å²) in [4.78, 5) is 6.64. The third kappa shape index (κ3) is 2.52. The molecule has 3 rings (SSSR count). The Hall–Kier alpha value is -1.56. The number of rotatable bonds is 2. The van der Waals surface area contributed by atoms with Gasteiger partial charge in [0, 0.05) is 9.26 Å². The molecule has 0 amide bonds. The van der Waals surface area contributed by atoms with Crippen molar-refractivity contribution in [2.45, 2.75) is 19.4 Å². The van der Waals surface area contributed by atoms with Crippen LogP contribution in [-0.2, 0) is 5.54 Å². The van der Waals surface area contributed by atoms with Gasteiger partial charge in [0.15, 0.2) is 5.96 Å². The maximum absolute atomic E-state index is 6.18. The summed E-state index contributed by atoms with van der Waals surface area (Å²) < 4.78 is 1.23. The average molecular weight is 391 g/mol. The van der Waals surface area contributed by atoms with E-state index in [9.17, 15) is 0 Å². The van der Waals surface area contributed by atoms with Gasteiger partial charge in [-0.3, -0.25) is 4.99 Å². The van der Waals surface area contributed by atoms with E-state index < -0.39 is 0 Å². The highest BCUT2D eigenvalue weighted by molar-refractivity contribution is 14.1. The van der Waals surface area contributed by atoms with Crippen LogP contribution in [0.1, 0.15) is 18.1 Å². The van der Waals surface area contributed by atoms with Crippen molar-refractivity contribution in [3.63, 3.8) is 0 Å². The van der Waals surface area contributed by atoms with Gasteiger partial charge in [0.05, 0.1) is 12.1 Å². The molecule has 1 heterocycles. The fraction of sp³-hybridized carbons (Fsp3) is 0.235. The van der Waals surface area contributed by atoms with Crippen LogP contribution < -0.4 is 10.6 Å². The largest absolute Gasteiger partial charge is 0.369 e. The highest BCUT2D eigenvalue weighted by atomic mass is 127. The molecule has 1 atom stereocenters. The molecule has 108 valence electrons. The van der Waals surface area contributed by atoms with E-state index in [1.807, 2.05) is 0 Å². The van der Waals surface area contributed by atoms with Crippen LogP contribution in [0.4, 0.5) is 5.69 Å². The Bertz CT molecular complexity index is 693. The van der Waals surface area contributed by atoms with Gasteiger partial charge in [0.25, 0.3) is 0 Å². The van der Waals surface area contributed by atoms with Crippen molar-refractivity contribution in [2.24, 2.45) is 10.7 Å². The zero-order valence-corrected chi connectivity index (χ0v) is 14.3. The second kappa shape index (κ2) is 5.33. The van der Waals surface area contributed by atoms with Crippen molar-refractivity contribution in [1.82, 2.24) is 0 Å². The summed E-state index contributed by atoms with van der Waals surface area (Å²) in [7, 11) is 0. The minimum Gasteiger partial charge on any atom is -0.369 e. The molecule has 3 nitrogen and oxygen atoms in total. The smallest absolute Gasteiger partial charge is 0.196 e. The van der Waals surface area contributed by atoms with Crippen molar-refractivity contribution in [3.05, 3.63) is 63.2 Å². The second-order valence-corrected chi connectivity index (χ2v) is 6.88. The third-order valence-corrected chi connectivity index (χ3v) is 4.72. The maximum Gasteiger partial charge on any atom is 0.196 e. The molecule has 1 unspecified atom stereocenters. The molecule has 0 bridgehead atoms. The van der Waals surface area contributed by atoms with Crippen LogP contribution in [0.25, 0.3) is 0 Å². The molecule has 0 fully saturated rings. The quantitative estimate of drug-likeness (QED) is 0.795. The molecule has 1 aliphatic rings. The molecule has 0 aliphatic carbocycles. The number of benzene rings is 2. The molecule has 21 heavy (non-hydrogen) atoms. The molecular weight excluding hydrogens is 373 g/mol. The lowest BCUT2D eigenvalue weighted by atomic mass is 9.90. The zero-order chi connectivity index (χ0) is 15.0. The van der Waals surface area contributed by atoms with Crippen LogP contribution in [0.2, 0.25) is 0 Å². The Balaban J connectivity index is 2.07. The van der Waals surface area contributed by atoms with Crippen LogP contribution in [0.3, 0.4) is 0 Å². The van der Waals surface area contributed by atoms with Gasteiger partial charge in [-0.2, -0.15) is 0 Å². The third-order valence-electron chi connectivity index (χ3n) is 4.00. The van der Waals surface area contributed by atoms with E-state index in [4.69, 9.17) is 5.73 Å². The molecule has 0 spiro atoms. The average Bonchev–Trinajstić information content (AvgIpc) is 2.76. The van der Waals surface area contributed by atoms with Gasteiger partial charge in [0.2, 0.25) is 0 Å². The molecular formula is C17H18IN3. The Morgan fingerprint density at radius 2 is 1.90 bits per heavy atom. The molecule has 2 aromatic rings. The molecule has 0 radical (unpaired) electrons. The van der Waals surface area contributed by atoms with Crippen LogP contribution in [0.15, 0.2) is 53.5 Å². The molecule has 0 saturated heterocycles. The number of aliphatic imine (C=N–C) groups is 1. The van der Waals surface area contributed by atoms with E-state index in [0.717, 1.165) is 5.69 Å². The topological polar surface area (TPSA) is 41.6 Å². The lowest BCUT2D eigenvalue weighted by molar-refractivity contribution is 0.532. The molecule has 0 saturated carbocycles. The Kier molecular flexibility index (Phi) is 3.65. The zero-order valence-electron chi connectivity index (χ0n) is 12.2. The van der Waals surface area contributed by atoms with Crippen molar-refractivity contribution in [2.75, 3.05) is 11.4 Å². The van der Waals surface area contributed by atoms with E-state index in [-0.39, 0.29) is 5.54 Å². The van der Waals surface area contributed by atoms with E-state index >= 15 is 0 Å². The molecule has 1 aliphatic heterocycles. The number of anilines is 1. The first-order valence-corrected chi connectivity index (χ1v) is 8.01. The second-order valence-electron chi connectivity index (χ2n) is 5.63. The standard InChI is InChI=1S/C17H18IN3/c1-12-4-3-5-15(10-12)21-16(19)20-11-17(21,2)13-6-8-14(18)9-7-13/h3-10H,11H2,1-2H3,(H2,19,20). The van der Waals surface area contributed by atoms with E-state index in [0.29, 0.717) is 12.5 Å². The monoisotopic (exact) mass is 391 g/mol. The predicted octanol–water partition coefficient (Wildman–Crippen LogP) is 3.65. The minimum absolute atomic E-state index is 0.234. The number of halogens is 1. The number of nitrogens with two attached hydrogens (primary N) is 1. The number of aryl methyl sites for hydroxylation is 1. The molecule has 0 aromatic heterocycles. The molecule has 2 aromatic carbocycles. The SMILES string of the molecule is Cc1cccc(N2C(N)=NCC2(C)c2ccc(I)cc2)c1. The highest BCUT2D eigenvalue weighted by Gasteiger charge is 2.40. The van der Waals surface area contributed by atoms with Crippen LogP contribution >= 0.6 is 22.6 Å². The first-order valence-electron chi connectivity index (χ1n) is 6.93. The summed E-state index contributed by atoms with van der Waals surface area (Å²) in [6, 6.07) is 17.0. The van der Waals surface area contributed by atoms with Crippen molar-refractivity contribution < 1.29 is 0 Å². The maximum atomic E-state index is 6.18. The number of nitrogens with zero attached hydrogens (tertiary/aromatic N) is 2. The Morgan fingerprint density at radius 3 is 2.57 bits per heavy atom. The normalized spacial score (nSPS) is 21.5. The van der Waals surface area contributed by atoms with Gasteiger partial charge < -0.3 is 10.6 Å². The number of hydrogen-bond donors (Lipinski definition) is 1. The van der Waals surface area contributed by atoms with Crippen molar-refractivity contribution in [1.29, 1.82) is 0 Å². The Morgan fingerprint density at radius 1 is 1.19 bits per heavy atom. The molecule has 2 N–H and O–H groups in total. The summed E-state index contributed by atoms with van der Waals surface area (Å²) in [6.45, 7) is 4.96. The van der Waals surface area contributed by atoms with E-state index in [1.165, 1.54) is 14.7 Å². The van der Waals surface area contributed by atoms with E-state index in [2.05, 4.69) is 94.9 Å². The highest BCUT2D eigenvalue weighted by Crippen LogP contribution is 2.37. The van der Waals surface area contributed by atoms with Gasteiger partial charge in [0.1, 0.15) is 0 Å². The summed E-state index contributed by atoms with van der Waals surface area (Å²) in [5.74, 6) is 0.585. The van der Waals surface area contributed by atoms with Crippen LogP contribution in [0.5, 0.6) is 0 Å². The predicted molar refractivity (Wildman–Crippen MR) is 96.7 cm³/mol. The lowest BCUT2D eigenvalue weighted by Gasteiger charge is -2.37. The van der Waals surface area contributed by atoms with E-state index in [1.54, 1.807) is 0 Å². The van der Waals surface area contributed by atoms with Gasteiger partial charge in [-0.05, 0) is 71.8 Å². The Labute approximate surface area is 139 Å². The van der Waals surface area contributed by atoms with Gasteiger partial charge in [-0.25, -0.2) is 0 Å². The minimum atomic E-state index is -0.234. The van der Waals surface area contributed by atoms with Crippen molar-refractivity contribution in [3.8, 4) is 0 Å². The first kappa shape index (κ1) is 14.4. The summed E-state index contributed by atoms with van der Waals surface area (Å²) in [5, 5.41) is 0. The van der Waals surface area contributed by atoms with Crippen LogP contribution in [-0.4, -0.2) is 12.5 Å². The summed E-state index contributed by atoms with van der Waals surface area (Å²) in [6.07, 6.45) is 0. The van der Waals surface area contributed by atoms with Gasteiger partial charge in [-0.15, -0.1) is 0 Å². The number of guanidine groups is 1. The van der Waals surface area contributed by atoms with Gasteiger partial charge in [-0.1, -0.05) is 24.3 Å². The number of hydrogen-bond acceptors (Lipinski definition) is 3. The fourth-order valence-electron chi connectivity index (χ4n) is 2.84. The summed E-state index contributed by atoms with van der Waals surface area (Å²) >= 11 is 2.32. The lowest BCUT2D eigenvalue weighted by Crippen LogP contribution is -2.47. The van der Waals surface area contributed by atoms with Crippen molar-refractivity contribution >= 4 is 34.2 Å².